The monoisotopic (exact) mass is 915 g/mol. The lowest BCUT2D eigenvalue weighted by Crippen LogP contribution is -2.24. The van der Waals surface area contributed by atoms with Gasteiger partial charge in [0.1, 0.15) is 0 Å². The molecular formula is C52H76N4O4P2S. The molecule has 0 N–H and O–H groups in total. The summed E-state index contributed by atoms with van der Waals surface area (Å²) < 4.78 is 10.5. The summed E-state index contributed by atoms with van der Waals surface area (Å²) in [6.07, 6.45) is 29.2. The zero-order chi connectivity index (χ0) is 43.8. The molecule has 8 rings (SSSR count). The molecule has 0 heterocycles. The van der Waals surface area contributed by atoms with E-state index < -0.39 is 26.3 Å². The van der Waals surface area contributed by atoms with Gasteiger partial charge in [0, 0.05) is 9.79 Å². The largest absolute Gasteiger partial charge is 0.458 e. The summed E-state index contributed by atoms with van der Waals surface area (Å²) >= 11 is 1.69. The first-order chi connectivity index (χ1) is 30.7. The van der Waals surface area contributed by atoms with E-state index in [1.807, 2.05) is 0 Å². The van der Waals surface area contributed by atoms with Gasteiger partial charge in [-0.3, -0.25) is 9.68 Å². The number of oxime groups is 2. The molecule has 6 aliphatic carbocycles. The van der Waals surface area contributed by atoms with Gasteiger partial charge >= 0.3 is 12.2 Å². The summed E-state index contributed by atoms with van der Waals surface area (Å²) in [5.41, 5.74) is 7.01. The van der Waals surface area contributed by atoms with E-state index in [0.29, 0.717) is 34.0 Å². The first-order valence-corrected chi connectivity index (χ1v) is 30.1. The van der Waals surface area contributed by atoms with E-state index in [1.165, 1.54) is 154 Å². The summed E-state index contributed by atoms with van der Waals surface area (Å²) in [6, 6.07) is 16.8. The molecule has 6 aliphatic rings. The zero-order valence-corrected chi connectivity index (χ0v) is 41.5. The van der Waals surface area contributed by atoms with E-state index in [-0.39, 0.29) is 11.8 Å². The third-order valence-corrected chi connectivity index (χ3v) is 28.2. The van der Waals surface area contributed by atoms with Gasteiger partial charge in [-0.25, -0.2) is 9.59 Å². The Morgan fingerprint density at radius 3 is 0.905 bits per heavy atom. The zero-order valence-electron chi connectivity index (χ0n) is 38.9. The quantitative estimate of drug-likeness (QED) is 0.0813. The van der Waals surface area contributed by atoms with Crippen molar-refractivity contribution >= 4 is 49.5 Å². The molecule has 344 valence electrons. The number of amides is 2. The van der Waals surface area contributed by atoms with E-state index in [0.717, 1.165) is 32.3 Å². The molecule has 0 spiro atoms. The van der Waals surface area contributed by atoms with Crippen LogP contribution in [0.4, 0.5) is 9.59 Å². The van der Waals surface area contributed by atoms with Crippen LogP contribution in [0.25, 0.3) is 0 Å². The summed E-state index contributed by atoms with van der Waals surface area (Å²) in [4.78, 5) is 41.4. The lowest BCUT2D eigenvalue weighted by Gasteiger charge is -2.40. The fourth-order valence-electron chi connectivity index (χ4n) is 13.2. The molecule has 2 aromatic carbocycles. The fourth-order valence-corrected chi connectivity index (χ4v) is 26.4. The van der Waals surface area contributed by atoms with Crippen molar-refractivity contribution in [1.82, 2.24) is 0 Å². The standard InChI is InChI=1S/C52H76N4O4P2S/c1-37(2)49(53-59-51(57)55-61(41-17-5-6-18-41,42-19-7-8-20-42)43-21-9-10-22-43)39-29-33-47(34-30-39)63-48-35-31-40(32-36-48)50(38(3)4)54-60-52(58)56-62(44-23-11-12-24-44,45-25-13-14-26-45)46-27-15-16-28-46/h29-38,41-46H,5-28H2,1-4H3/b53-49+,54-50+. The van der Waals surface area contributed by atoms with E-state index in [9.17, 15) is 9.59 Å². The van der Waals surface area contributed by atoms with E-state index in [2.05, 4.69) is 86.5 Å². The molecular weight excluding hydrogens is 839 g/mol. The minimum Gasteiger partial charge on any atom is -0.296 e. The van der Waals surface area contributed by atoms with Crippen LogP contribution in [0.3, 0.4) is 0 Å². The fraction of sp³-hybridized carbons (Fsp3) is 0.692. The number of nitrogens with zero attached hydrogens (tertiary/aromatic N) is 4. The third kappa shape index (κ3) is 10.7. The van der Waals surface area contributed by atoms with Crippen LogP contribution in [0.15, 0.2) is 78.1 Å². The van der Waals surface area contributed by atoms with Gasteiger partial charge in [-0.05, 0) is 172 Å². The highest BCUT2D eigenvalue weighted by molar-refractivity contribution is 7.99. The molecule has 63 heavy (non-hydrogen) atoms. The Hall–Kier alpha value is -2.47. The second-order valence-electron chi connectivity index (χ2n) is 20.5. The lowest BCUT2D eigenvalue weighted by atomic mass is 10.0. The van der Waals surface area contributed by atoms with Crippen molar-refractivity contribution in [1.29, 1.82) is 0 Å². The molecule has 0 saturated heterocycles. The van der Waals surface area contributed by atoms with Crippen molar-refractivity contribution in [3.63, 3.8) is 0 Å². The van der Waals surface area contributed by atoms with Crippen LogP contribution >= 0.6 is 25.9 Å². The van der Waals surface area contributed by atoms with Crippen LogP contribution in [0, 0.1) is 11.8 Å². The molecule has 11 heteroatoms. The van der Waals surface area contributed by atoms with Crippen molar-refractivity contribution in [3.8, 4) is 0 Å². The van der Waals surface area contributed by atoms with Crippen LogP contribution in [0.2, 0.25) is 0 Å². The van der Waals surface area contributed by atoms with Crippen molar-refractivity contribution in [2.24, 2.45) is 31.6 Å². The summed E-state index contributed by atoms with van der Waals surface area (Å²) in [5, 5.41) is 9.09. The van der Waals surface area contributed by atoms with Gasteiger partial charge in [0.25, 0.3) is 0 Å². The second kappa shape index (κ2) is 21.9. The normalized spacial score (nSPS) is 22.0. The average Bonchev–Trinajstić information content (AvgIpc) is 4.15. The number of carbonyl (C=O) groups excluding carboxylic acids is 2. The van der Waals surface area contributed by atoms with Crippen molar-refractivity contribution in [3.05, 3.63) is 59.7 Å². The van der Waals surface area contributed by atoms with Crippen molar-refractivity contribution in [2.45, 2.75) is 226 Å². The van der Waals surface area contributed by atoms with E-state index in [4.69, 9.17) is 19.2 Å². The van der Waals surface area contributed by atoms with Gasteiger partial charge in [0.05, 0.1) is 11.4 Å². The van der Waals surface area contributed by atoms with Crippen molar-refractivity contribution in [2.75, 3.05) is 0 Å². The minimum absolute atomic E-state index is 0.0729. The van der Waals surface area contributed by atoms with Crippen LogP contribution in [0.1, 0.15) is 193 Å². The Balaban J connectivity index is 0.943. The Morgan fingerprint density at radius 2 is 0.683 bits per heavy atom. The van der Waals surface area contributed by atoms with E-state index >= 15 is 0 Å². The maximum absolute atomic E-state index is 13.8. The molecule has 6 fully saturated rings. The van der Waals surface area contributed by atoms with Crippen molar-refractivity contribution < 1.29 is 19.3 Å². The highest BCUT2D eigenvalue weighted by atomic mass is 32.2. The van der Waals surface area contributed by atoms with E-state index in [1.54, 1.807) is 11.8 Å². The van der Waals surface area contributed by atoms with Crippen LogP contribution in [0.5, 0.6) is 0 Å². The molecule has 2 aromatic rings. The number of benzene rings is 2. The highest BCUT2D eigenvalue weighted by Crippen LogP contribution is 2.73. The maximum Gasteiger partial charge on any atom is 0.458 e. The predicted octanol–water partition coefficient (Wildman–Crippen LogP) is 16.9. The van der Waals surface area contributed by atoms with Crippen LogP contribution in [-0.2, 0) is 9.68 Å². The van der Waals surface area contributed by atoms with Crippen LogP contribution in [-0.4, -0.2) is 57.6 Å². The summed E-state index contributed by atoms with van der Waals surface area (Å²) in [5.74, 6) is 0.146. The summed E-state index contributed by atoms with van der Waals surface area (Å²) in [6.45, 7) is 8.40. The SMILES string of the molecule is CC(C)/C(=N\OC(=O)N=P(C1CCCC1)(C1CCCC1)C1CCCC1)c1ccc(Sc2ccc(/C(=N/OC(=O)N=P(C3CCCC3)(C3CCCC3)C3CCCC3)C(C)C)cc2)cc1. The molecule has 0 aromatic heterocycles. The predicted molar refractivity (Wildman–Crippen MR) is 265 cm³/mol. The van der Waals surface area contributed by atoms with Gasteiger partial charge in [-0.15, -0.1) is 0 Å². The van der Waals surface area contributed by atoms with Gasteiger partial charge in [-0.1, -0.05) is 151 Å². The van der Waals surface area contributed by atoms with Gasteiger partial charge < -0.3 is 0 Å². The molecule has 0 bridgehead atoms. The Kier molecular flexibility index (Phi) is 16.3. The molecule has 6 saturated carbocycles. The average molecular weight is 915 g/mol. The Morgan fingerprint density at radius 1 is 0.444 bits per heavy atom. The molecule has 0 atom stereocenters. The highest BCUT2D eigenvalue weighted by Gasteiger charge is 2.48. The van der Waals surface area contributed by atoms with Gasteiger partial charge in [0.15, 0.2) is 0 Å². The topological polar surface area (TPSA) is 102 Å². The lowest BCUT2D eigenvalue weighted by molar-refractivity contribution is 0.161. The second-order valence-corrected chi connectivity index (χ2v) is 29.6. The van der Waals surface area contributed by atoms with Gasteiger partial charge in [0.2, 0.25) is 0 Å². The Bertz CT molecular complexity index is 1790. The minimum atomic E-state index is -1.88. The third-order valence-electron chi connectivity index (χ3n) is 16.0. The Labute approximate surface area is 383 Å². The smallest absolute Gasteiger partial charge is 0.296 e. The molecule has 8 nitrogen and oxygen atoms in total. The molecule has 0 aliphatic heterocycles. The molecule has 2 amide bonds. The summed E-state index contributed by atoms with van der Waals surface area (Å²) in [7, 11) is -3.76. The number of rotatable bonds is 14. The number of carbonyl (C=O) groups is 2. The maximum atomic E-state index is 13.8. The number of hydrogen-bond acceptors (Lipinski definition) is 7. The molecule has 0 radical (unpaired) electrons. The molecule has 0 unspecified atom stereocenters. The van der Waals surface area contributed by atoms with Crippen LogP contribution < -0.4 is 0 Å². The number of hydrogen-bond donors (Lipinski definition) is 0. The van der Waals surface area contributed by atoms with Gasteiger partial charge in [-0.2, -0.15) is 9.49 Å². The first kappa shape index (κ1) is 47.0. The first-order valence-electron chi connectivity index (χ1n) is 25.4.